The van der Waals surface area contributed by atoms with Crippen LogP contribution in [-0.4, -0.2) is 59.1 Å². The molecule has 0 aliphatic carbocycles. The van der Waals surface area contributed by atoms with Crippen LogP contribution in [0.5, 0.6) is 5.75 Å². The van der Waals surface area contributed by atoms with Gasteiger partial charge in [-0.3, -0.25) is 4.90 Å². The Morgan fingerprint density at radius 1 is 1.00 bits per heavy atom. The van der Waals surface area contributed by atoms with Gasteiger partial charge < -0.3 is 19.9 Å². The quantitative estimate of drug-likeness (QED) is 0.631. The van der Waals surface area contributed by atoms with Crippen molar-refractivity contribution in [2.24, 2.45) is 0 Å². The molecule has 120 valence electrons. The van der Waals surface area contributed by atoms with Crippen LogP contribution in [0, 0.1) is 0 Å². The molecule has 1 aromatic carbocycles. The topological polar surface area (TPSA) is 57.0 Å². The van der Waals surface area contributed by atoms with Gasteiger partial charge in [0.15, 0.2) is 0 Å². The molecule has 0 amide bonds. The average molecular weight is 296 g/mol. The summed E-state index contributed by atoms with van der Waals surface area (Å²) in [7, 11) is 5.10. The Balaban J connectivity index is 2.39. The van der Waals surface area contributed by atoms with E-state index in [1.807, 2.05) is 12.1 Å². The predicted molar refractivity (Wildman–Crippen MR) is 85.9 cm³/mol. The Bertz CT molecular complexity index is 391. The van der Waals surface area contributed by atoms with E-state index in [2.05, 4.69) is 11.0 Å². The van der Waals surface area contributed by atoms with Crippen LogP contribution in [0.1, 0.15) is 12.0 Å². The smallest absolute Gasteiger partial charge is 0.141 e. The number of hydrogen-bond donors (Lipinski definition) is 1. The van der Waals surface area contributed by atoms with E-state index in [-0.39, 0.29) is 0 Å². The number of rotatable bonds is 11. The Kier molecular flexibility index (Phi) is 8.82. The van der Waals surface area contributed by atoms with E-state index in [4.69, 9.17) is 19.9 Å². The molecule has 1 rings (SSSR count). The molecule has 0 fully saturated rings. The number of methoxy groups -OCH3 is 3. The number of nitrogens with zero attached hydrogens (tertiary/aromatic N) is 1. The Morgan fingerprint density at radius 3 is 2.19 bits per heavy atom. The fourth-order valence-corrected chi connectivity index (χ4v) is 2.22. The second kappa shape index (κ2) is 10.4. The Morgan fingerprint density at radius 2 is 1.67 bits per heavy atom. The van der Waals surface area contributed by atoms with Crippen molar-refractivity contribution in [2.45, 2.75) is 12.8 Å². The highest BCUT2D eigenvalue weighted by Crippen LogP contribution is 2.22. The summed E-state index contributed by atoms with van der Waals surface area (Å²) in [4.78, 5) is 2.36. The highest BCUT2D eigenvalue weighted by Gasteiger charge is 2.05. The number of aryl methyl sites for hydroxylation is 1. The molecule has 0 unspecified atom stereocenters. The third-order valence-corrected chi connectivity index (χ3v) is 3.46. The molecule has 0 aliphatic heterocycles. The summed E-state index contributed by atoms with van der Waals surface area (Å²) in [6.45, 7) is 4.40. The van der Waals surface area contributed by atoms with Crippen molar-refractivity contribution in [3.05, 3.63) is 23.8 Å². The maximum atomic E-state index is 5.93. The molecule has 0 radical (unpaired) electrons. The fourth-order valence-electron chi connectivity index (χ4n) is 2.22. The average Bonchev–Trinajstić information content (AvgIpc) is 2.49. The van der Waals surface area contributed by atoms with Crippen molar-refractivity contribution in [3.63, 3.8) is 0 Å². The molecule has 5 nitrogen and oxygen atoms in total. The SMILES string of the molecule is COCCN(CCCc1ccc(OC)c(N)c1)CCOC. The highest BCUT2D eigenvalue weighted by atomic mass is 16.5. The van der Waals surface area contributed by atoms with E-state index in [9.17, 15) is 0 Å². The number of benzene rings is 1. The minimum absolute atomic E-state index is 0.700. The van der Waals surface area contributed by atoms with Gasteiger partial charge in [-0.1, -0.05) is 6.07 Å². The molecule has 21 heavy (non-hydrogen) atoms. The summed E-state index contributed by atoms with van der Waals surface area (Å²) in [5, 5.41) is 0. The number of nitrogen functional groups attached to an aromatic ring is 1. The predicted octanol–water partition coefficient (Wildman–Crippen LogP) is 1.80. The van der Waals surface area contributed by atoms with Gasteiger partial charge >= 0.3 is 0 Å². The van der Waals surface area contributed by atoms with Gasteiger partial charge in [-0.2, -0.15) is 0 Å². The summed E-state index contributed by atoms with van der Waals surface area (Å²) in [5.41, 5.74) is 7.87. The van der Waals surface area contributed by atoms with Gasteiger partial charge in [0.25, 0.3) is 0 Å². The first-order valence-electron chi connectivity index (χ1n) is 7.34. The molecule has 0 aromatic heterocycles. The first-order chi connectivity index (χ1) is 10.2. The standard InChI is InChI=1S/C16H28N2O3/c1-19-11-9-18(10-12-20-2)8-4-5-14-6-7-16(21-3)15(17)13-14/h6-7,13H,4-5,8-12,17H2,1-3H3. The molecule has 0 heterocycles. The van der Waals surface area contributed by atoms with Crippen LogP contribution >= 0.6 is 0 Å². The molecule has 0 atom stereocenters. The van der Waals surface area contributed by atoms with Crippen molar-refractivity contribution in [3.8, 4) is 5.75 Å². The zero-order chi connectivity index (χ0) is 15.5. The van der Waals surface area contributed by atoms with Gasteiger partial charge in [0.05, 0.1) is 26.0 Å². The van der Waals surface area contributed by atoms with Gasteiger partial charge in [0.2, 0.25) is 0 Å². The second-order valence-corrected chi connectivity index (χ2v) is 5.01. The van der Waals surface area contributed by atoms with Crippen molar-refractivity contribution in [2.75, 3.05) is 59.9 Å². The van der Waals surface area contributed by atoms with Crippen molar-refractivity contribution in [1.82, 2.24) is 4.90 Å². The van der Waals surface area contributed by atoms with E-state index in [1.54, 1.807) is 21.3 Å². The molecule has 1 aromatic rings. The number of nitrogens with two attached hydrogens (primary N) is 1. The third kappa shape index (κ3) is 6.80. The van der Waals surface area contributed by atoms with Gasteiger partial charge in [-0.05, 0) is 37.1 Å². The summed E-state index contributed by atoms with van der Waals surface area (Å²) in [5.74, 6) is 0.737. The van der Waals surface area contributed by atoms with Crippen LogP contribution in [0.15, 0.2) is 18.2 Å². The fraction of sp³-hybridized carbons (Fsp3) is 0.625. The van der Waals surface area contributed by atoms with Crippen LogP contribution in [0.2, 0.25) is 0 Å². The first kappa shape index (κ1) is 17.8. The summed E-state index contributed by atoms with van der Waals surface area (Å²) in [6, 6.07) is 6.00. The lowest BCUT2D eigenvalue weighted by atomic mass is 10.1. The maximum Gasteiger partial charge on any atom is 0.141 e. The van der Waals surface area contributed by atoms with Crippen LogP contribution in [0.3, 0.4) is 0 Å². The van der Waals surface area contributed by atoms with E-state index in [0.29, 0.717) is 5.69 Å². The Hall–Kier alpha value is -1.30. The zero-order valence-electron chi connectivity index (χ0n) is 13.4. The number of hydrogen-bond acceptors (Lipinski definition) is 5. The second-order valence-electron chi connectivity index (χ2n) is 5.01. The van der Waals surface area contributed by atoms with Crippen LogP contribution in [-0.2, 0) is 15.9 Å². The largest absolute Gasteiger partial charge is 0.495 e. The minimum Gasteiger partial charge on any atom is -0.495 e. The minimum atomic E-state index is 0.700. The number of ether oxygens (including phenoxy) is 3. The molecule has 0 bridgehead atoms. The zero-order valence-corrected chi connectivity index (χ0v) is 13.4. The summed E-state index contributed by atoms with van der Waals surface area (Å²) >= 11 is 0. The molecule has 0 aliphatic rings. The van der Waals surface area contributed by atoms with Gasteiger partial charge in [-0.25, -0.2) is 0 Å². The van der Waals surface area contributed by atoms with E-state index in [1.165, 1.54) is 5.56 Å². The summed E-state index contributed by atoms with van der Waals surface area (Å²) < 4.78 is 15.5. The molecular weight excluding hydrogens is 268 g/mol. The monoisotopic (exact) mass is 296 g/mol. The molecule has 0 saturated heterocycles. The maximum absolute atomic E-state index is 5.93. The Labute approximate surface area is 128 Å². The van der Waals surface area contributed by atoms with Gasteiger partial charge in [0.1, 0.15) is 5.75 Å². The van der Waals surface area contributed by atoms with Crippen molar-refractivity contribution < 1.29 is 14.2 Å². The highest BCUT2D eigenvalue weighted by molar-refractivity contribution is 5.54. The lowest BCUT2D eigenvalue weighted by Crippen LogP contribution is -2.31. The van der Waals surface area contributed by atoms with E-state index < -0.39 is 0 Å². The number of anilines is 1. The molecule has 5 heteroatoms. The third-order valence-electron chi connectivity index (χ3n) is 3.46. The normalized spacial score (nSPS) is 11.0. The van der Waals surface area contributed by atoms with Gasteiger partial charge in [0, 0.05) is 27.3 Å². The lowest BCUT2D eigenvalue weighted by Gasteiger charge is -2.21. The first-order valence-corrected chi connectivity index (χ1v) is 7.34. The van der Waals surface area contributed by atoms with Crippen LogP contribution in [0.4, 0.5) is 5.69 Å². The lowest BCUT2D eigenvalue weighted by molar-refractivity contribution is 0.113. The van der Waals surface area contributed by atoms with E-state index >= 15 is 0 Å². The molecule has 0 saturated carbocycles. The molecule has 2 N–H and O–H groups in total. The van der Waals surface area contributed by atoms with Crippen molar-refractivity contribution in [1.29, 1.82) is 0 Å². The van der Waals surface area contributed by atoms with Crippen molar-refractivity contribution >= 4 is 5.69 Å². The van der Waals surface area contributed by atoms with E-state index in [0.717, 1.165) is 51.4 Å². The summed E-state index contributed by atoms with van der Waals surface area (Å²) in [6.07, 6.45) is 2.09. The molecule has 0 spiro atoms. The van der Waals surface area contributed by atoms with Crippen LogP contribution < -0.4 is 10.5 Å². The van der Waals surface area contributed by atoms with Gasteiger partial charge in [-0.15, -0.1) is 0 Å². The van der Waals surface area contributed by atoms with Crippen LogP contribution in [0.25, 0.3) is 0 Å². The molecular formula is C16H28N2O3.